The molecule has 0 spiro atoms. The minimum absolute atomic E-state index is 0.292. The van der Waals surface area contributed by atoms with Gasteiger partial charge >= 0.3 is 0 Å². The van der Waals surface area contributed by atoms with Crippen LogP contribution in [0, 0.1) is 0 Å². The van der Waals surface area contributed by atoms with Gasteiger partial charge in [-0.25, -0.2) is 4.98 Å². The van der Waals surface area contributed by atoms with Gasteiger partial charge in [0.05, 0.1) is 6.20 Å². The van der Waals surface area contributed by atoms with E-state index in [1.54, 1.807) is 6.20 Å². The molecule has 1 saturated heterocycles. The van der Waals surface area contributed by atoms with Crippen molar-refractivity contribution in [1.29, 1.82) is 0 Å². The third-order valence-electron chi connectivity index (χ3n) is 2.10. The van der Waals surface area contributed by atoms with Crippen LogP contribution in [-0.2, 0) is 0 Å². The zero-order valence-electron chi connectivity index (χ0n) is 6.82. The molecule has 0 amide bonds. The number of anilines is 1. The third kappa shape index (κ3) is 1.58. The van der Waals surface area contributed by atoms with E-state index in [1.807, 2.05) is 11.8 Å². The summed E-state index contributed by atoms with van der Waals surface area (Å²) in [5, 5.41) is 0. The van der Waals surface area contributed by atoms with Crippen molar-refractivity contribution in [3.05, 3.63) is 12.0 Å². The first kappa shape index (κ1) is 7.98. The molecule has 12 heavy (non-hydrogen) atoms. The van der Waals surface area contributed by atoms with E-state index in [4.69, 9.17) is 10.2 Å². The number of oxazole rings is 1. The minimum Gasteiger partial charge on any atom is -0.429 e. The molecule has 1 unspecified atom stereocenters. The Morgan fingerprint density at radius 2 is 2.58 bits per heavy atom. The third-order valence-corrected chi connectivity index (χ3v) is 3.32. The molecule has 66 valence electrons. The first-order chi connectivity index (χ1) is 5.86. The van der Waals surface area contributed by atoms with Crippen molar-refractivity contribution >= 4 is 17.8 Å². The van der Waals surface area contributed by atoms with Crippen LogP contribution in [0.15, 0.2) is 10.6 Å². The highest BCUT2D eigenvalue weighted by Crippen LogP contribution is 2.31. The van der Waals surface area contributed by atoms with Gasteiger partial charge in [-0.05, 0) is 18.6 Å². The molecule has 1 aliphatic heterocycles. The fourth-order valence-electron chi connectivity index (χ4n) is 1.45. The highest BCUT2D eigenvalue weighted by Gasteiger charge is 2.19. The lowest BCUT2D eigenvalue weighted by Crippen LogP contribution is -2.07. The van der Waals surface area contributed by atoms with Crippen LogP contribution in [0.5, 0.6) is 0 Å². The van der Waals surface area contributed by atoms with Crippen molar-refractivity contribution in [1.82, 2.24) is 4.98 Å². The molecule has 0 radical (unpaired) electrons. The summed E-state index contributed by atoms with van der Waals surface area (Å²) in [4.78, 5) is 3.89. The zero-order chi connectivity index (χ0) is 8.39. The predicted octanol–water partition coefficient (Wildman–Crippen LogP) is 1.87. The van der Waals surface area contributed by atoms with Gasteiger partial charge in [-0.3, -0.25) is 0 Å². The molecule has 1 fully saturated rings. The molecular weight excluding hydrogens is 172 g/mol. The molecule has 1 aromatic rings. The lowest BCUT2D eigenvalue weighted by atomic mass is 10.0. The molecule has 0 aromatic carbocycles. The average Bonchev–Trinajstić information content (AvgIpc) is 2.54. The number of rotatable bonds is 1. The summed E-state index contributed by atoms with van der Waals surface area (Å²) in [5.41, 5.74) is 5.40. The molecule has 1 atom stereocenters. The van der Waals surface area contributed by atoms with Gasteiger partial charge in [0.25, 0.3) is 6.01 Å². The van der Waals surface area contributed by atoms with Crippen LogP contribution in [0.1, 0.15) is 24.5 Å². The van der Waals surface area contributed by atoms with E-state index < -0.39 is 0 Å². The van der Waals surface area contributed by atoms with Gasteiger partial charge < -0.3 is 10.2 Å². The van der Waals surface area contributed by atoms with E-state index in [0.29, 0.717) is 11.9 Å². The number of nitrogen functional groups attached to an aromatic ring is 1. The van der Waals surface area contributed by atoms with E-state index in [0.717, 1.165) is 11.5 Å². The first-order valence-electron chi connectivity index (χ1n) is 4.15. The van der Waals surface area contributed by atoms with Crippen LogP contribution in [0.2, 0.25) is 0 Å². The van der Waals surface area contributed by atoms with Crippen LogP contribution >= 0.6 is 11.8 Å². The lowest BCUT2D eigenvalue weighted by Gasteiger charge is -2.18. The summed E-state index contributed by atoms with van der Waals surface area (Å²) in [6, 6.07) is 0.292. The Balaban J connectivity index is 2.08. The molecule has 2 N–H and O–H groups in total. The second-order valence-electron chi connectivity index (χ2n) is 3.01. The fraction of sp³-hybridized carbons (Fsp3) is 0.625. The van der Waals surface area contributed by atoms with E-state index >= 15 is 0 Å². The smallest absolute Gasteiger partial charge is 0.292 e. The van der Waals surface area contributed by atoms with Crippen molar-refractivity contribution in [2.24, 2.45) is 0 Å². The molecular formula is C8H12N2OS. The van der Waals surface area contributed by atoms with E-state index in [2.05, 4.69) is 4.98 Å². The quantitative estimate of drug-likeness (QED) is 0.724. The normalized spacial score (nSPS) is 24.2. The Hall–Kier alpha value is -0.640. The van der Waals surface area contributed by atoms with Crippen LogP contribution < -0.4 is 5.73 Å². The van der Waals surface area contributed by atoms with Crippen molar-refractivity contribution < 1.29 is 4.42 Å². The van der Waals surface area contributed by atoms with Crippen molar-refractivity contribution in [3.63, 3.8) is 0 Å². The average molecular weight is 184 g/mol. The maximum absolute atomic E-state index is 5.40. The highest BCUT2D eigenvalue weighted by atomic mass is 32.2. The largest absolute Gasteiger partial charge is 0.429 e. The number of thioether (sulfide) groups is 1. The molecule has 0 bridgehead atoms. The van der Waals surface area contributed by atoms with Gasteiger partial charge in [-0.1, -0.05) is 0 Å². The Kier molecular flexibility index (Phi) is 2.26. The predicted molar refractivity (Wildman–Crippen MR) is 50.2 cm³/mol. The van der Waals surface area contributed by atoms with Gasteiger partial charge in [0.15, 0.2) is 0 Å². The molecule has 2 heterocycles. The maximum atomic E-state index is 5.40. The number of aromatic nitrogens is 1. The van der Waals surface area contributed by atoms with Crippen LogP contribution in [0.4, 0.5) is 6.01 Å². The number of nitrogens with zero attached hydrogens (tertiary/aromatic N) is 1. The summed E-state index contributed by atoms with van der Waals surface area (Å²) in [7, 11) is 0. The van der Waals surface area contributed by atoms with Gasteiger partial charge in [0, 0.05) is 11.7 Å². The summed E-state index contributed by atoms with van der Waals surface area (Å²) < 4.78 is 5.28. The summed E-state index contributed by atoms with van der Waals surface area (Å²) in [5.74, 6) is 3.92. The Labute approximate surface area is 75.7 Å². The molecule has 0 aliphatic carbocycles. The summed E-state index contributed by atoms with van der Waals surface area (Å²) in [6.07, 6.45) is 4.24. The van der Waals surface area contributed by atoms with Crippen molar-refractivity contribution in [3.8, 4) is 0 Å². The Morgan fingerprint density at radius 3 is 3.17 bits per heavy atom. The van der Waals surface area contributed by atoms with Gasteiger partial charge in [-0.15, -0.1) is 0 Å². The lowest BCUT2D eigenvalue weighted by molar-refractivity contribution is 0.470. The Morgan fingerprint density at radius 1 is 1.67 bits per heavy atom. The molecule has 1 aromatic heterocycles. The monoisotopic (exact) mass is 184 g/mol. The second kappa shape index (κ2) is 3.39. The summed E-state index contributed by atoms with van der Waals surface area (Å²) in [6.45, 7) is 0. The standard InChI is InChI=1S/C8H12N2OS/c9-8-10-4-7(11-8)6-2-1-3-12-5-6/h4,6H,1-3,5H2,(H2,9,10). The Bertz CT molecular complexity index is 255. The second-order valence-corrected chi connectivity index (χ2v) is 4.16. The molecule has 0 saturated carbocycles. The van der Waals surface area contributed by atoms with E-state index in [1.165, 1.54) is 18.6 Å². The zero-order valence-corrected chi connectivity index (χ0v) is 7.64. The van der Waals surface area contributed by atoms with Crippen LogP contribution in [-0.4, -0.2) is 16.5 Å². The van der Waals surface area contributed by atoms with Crippen LogP contribution in [0.25, 0.3) is 0 Å². The molecule has 2 rings (SSSR count). The number of hydrogen-bond acceptors (Lipinski definition) is 4. The number of hydrogen-bond donors (Lipinski definition) is 1. The maximum Gasteiger partial charge on any atom is 0.292 e. The molecule has 1 aliphatic rings. The van der Waals surface area contributed by atoms with Crippen LogP contribution in [0.3, 0.4) is 0 Å². The van der Waals surface area contributed by atoms with E-state index in [9.17, 15) is 0 Å². The van der Waals surface area contributed by atoms with Gasteiger partial charge in [-0.2, -0.15) is 11.8 Å². The minimum atomic E-state index is 0.292. The molecule has 3 nitrogen and oxygen atoms in total. The highest BCUT2D eigenvalue weighted by molar-refractivity contribution is 7.99. The summed E-state index contributed by atoms with van der Waals surface area (Å²) >= 11 is 1.98. The van der Waals surface area contributed by atoms with Crippen molar-refractivity contribution in [2.75, 3.05) is 17.2 Å². The van der Waals surface area contributed by atoms with Gasteiger partial charge in [0.1, 0.15) is 5.76 Å². The van der Waals surface area contributed by atoms with Gasteiger partial charge in [0.2, 0.25) is 0 Å². The van der Waals surface area contributed by atoms with Crippen molar-refractivity contribution in [2.45, 2.75) is 18.8 Å². The fourth-order valence-corrected chi connectivity index (χ4v) is 2.61. The van der Waals surface area contributed by atoms with E-state index in [-0.39, 0.29) is 0 Å². The number of nitrogens with two attached hydrogens (primary N) is 1. The first-order valence-corrected chi connectivity index (χ1v) is 5.30. The molecule has 4 heteroatoms. The topological polar surface area (TPSA) is 52.0 Å². The SMILES string of the molecule is Nc1ncc(C2CCCSC2)o1.